The molecule has 0 aliphatic heterocycles. The van der Waals surface area contributed by atoms with Gasteiger partial charge in [0.15, 0.2) is 0 Å². The van der Waals surface area contributed by atoms with Crippen LogP contribution in [0.3, 0.4) is 0 Å². The second-order valence-electron chi connectivity index (χ2n) is 2.54. The molecule has 1 aromatic heterocycles. The number of anilines is 1. The normalized spacial score (nSPS) is 10.9. The van der Waals surface area contributed by atoms with E-state index in [9.17, 15) is 0 Å². The van der Waals surface area contributed by atoms with Crippen molar-refractivity contribution in [3.63, 3.8) is 0 Å². The van der Waals surface area contributed by atoms with E-state index in [1.807, 2.05) is 6.08 Å². The Hall–Kier alpha value is -1.06. The van der Waals surface area contributed by atoms with Gasteiger partial charge in [0.2, 0.25) is 0 Å². The van der Waals surface area contributed by atoms with Gasteiger partial charge in [0.05, 0.1) is 16.4 Å². The lowest BCUT2D eigenvalue weighted by Gasteiger charge is -1.98. The van der Waals surface area contributed by atoms with Crippen molar-refractivity contribution in [1.29, 1.82) is 0 Å². The number of pyridine rings is 1. The highest BCUT2D eigenvalue weighted by Crippen LogP contribution is 2.16. The Bertz CT molecular complexity index is 312. The Labute approximate surface area is 81.9 Å². The van der Waals surface area contributed by atoms with Crippen LogP contribution in [0.25, 0.3) is 6.08 Å². The van der Waals surface area contributed by atoms with Crippen LogP contribution in [0.15, 0.2) is 18.3 Å². The van der Waals surface area contributed by atoms with E-state index < -0.39 is 0 Å². The summed E-state index contributed by atoms with van der Waals surface area (Å²) in [5.74, 6) is 0. The third-order valence-corrected chi connectivity index (χ3v) is 1.69. The maximum Gasteiger partial charge on any atom is 0.0856 e. The van der Waals surface area contributed by atoms with Crippen LogP contribution in [-0.2, 0) is 0 Å². The topological polar surface area (TPSA) is 59.1 Å². The monoisotopic (exact) mass is 198 g/mol. The zero-order chi connectivity index (χ0) is 9.68. The third-order valence-electron chi connectivity index (χ3n) is 1.49. The first-order valence-corrected chi connectivity index (χ1v) is 4.30. The van der Waals surface area contributed by atoms with Crippen LogP contribution in [0.4, 0.5) is 5.69 Å². The quantitative estimate of drug-likeness (QED) is 0.778. The molecule has 0 spiro atoms. The van der Waals surface area contributed by atoms with E-state index in [1.54, 1.807) is 12.1 Å². The number of nitrogens with two attached hydrogens (primary N) is 1. The molecule has 0 aliphatic rings. The molecule has 0 aromatic carbocycles. The minimum atomic E-state index is 0.129. The fourth-order valence-corrected chi connectivity index (χ4v) is 1.04. The number of aromatic nitrogens is 1. The van der Waals surface area contributed by atoms with E-state index in [-0.39, 0.29) is 6.61 Å². The molecule has 0 fully saturated rings. The van der Waals surface area contributed by atoms with Gasteiger partial charge < -0.3 is 10.8 Å². The summed E-state index contributed by atoms with van der Waals surface area (Å²) in [5.41, 5.74) is 6.86. The SMILES string of the molecule is Nc1cc(Cl)cnc1C=CCCO. The maximum atomic E-state index is 8.53. The largest absolute Gasteiger partial charge is 0.397 e. The summed E-state index contributed by atoms with van der Waals surface area (Å²) < 4.78 is 0. The lowest BCUT2D eigenvalue weighted by atomic mass is 10.2. The molecule has 70 valence electrons. The molecule has 0 saturated heterocycles. The van der Waals surface area contributed by atoms with Crippen molar-refractivity contribution >= 4 is 23.4 Å². The molecule has 0 aliphatic carbocycles. The molecule has 3 N–H and O–H groups in total. The number of nitrogen functional groups attached to an aromatic ring is 1. The summed E-state index contributed by atoms with van der Waals surface area (Å²) >= 11 is 5.67. The average Bonchev–Trinajstić information content (AvgIpc) is 2.09. The second-order valence-corrected chi connectivity index (χ2v) is 2.98. The van der Waals surface area contributed by atoms with Crippen molar-refractivity contribution in [1.82, 2.24) is 4.98 Å². The molecular weight excluding hydrogens is 188 g/mol. The van der Waals surface area contributed by atoms with Crippen molar-refractivity contribution in [2.75, 3.05) is 12.3 Å². The van der Waals surface area contributed by atoms with Gasteiger partial charge in [-0.25, -0.2) is 0 Å². The van der Waals surface area contributed by atoms with Gasteiger partial charge in [0.1, 0.15) is 0 Å². The minimum absolute atomic E-state index is 0.129. The first kappa shape index (κ1) is 10.0. The van der Waals surface area contributed by atoms with Crippen molar-refractivity contribution in [2.45, 2.75) is 6.42 Å². The van der Waals surface area contributed by atoms with Crippen molar-refractivity contribution < 1.29 is 5.11 Å². The summed E-state index contributed by atoms with van der Waals surface area (Å²) in [6, 6.07) is 1.65. The number of rotatable bonds is 3. The van der Waals surface area contributed by atoms with Crippen LogP contribution < -0.4 is 5.73 Å². The molecule has 0 unspecified atom stereocenters. The lowest BCUT2D eigenvalue weighted by Crippen LogP contribution is -1.92. The Morgan fingerprint density at radius 3 is 3.00 bits per heavy atom. The first-order chi connectivity index (χ1) is 6.24. The van der Waals surface area contributed by atoms with Gasteiger partial charge >= 0.3 is 0 Å². The molecule has 4 heteroatoms. The Kier molecular flexibility index (Phi) is 3.73. The summed E-state index contributed by atoms with van der Waals surface area (Å²) in [7, 11) is 0. The van der Waals surface area contributed by atoms with Crippen LogP contribution in [0.2, 0.25) is 5.02 Å². The van der Waals surface area contributed by atoms with Crippen LogP contribution in [0, 0.1) is 0 Å². The van der Waals surface area contributed by atoms with E-state index >= 15 is 0 Å². The standard InChI is InChI=1S/C9H11ClN2O/c10-7-5-8(11)9(12-6-7)3-1-2-4-13/h1,3,5-6,13H,2,4,11H2. The van der Waals surface area contributed by atoms with Crippen LogP contribution >= 0.6 is 11.6 Å². The highest BCUT2D eigenvalue weighted by Gasteiger charge is 1.96. The number of aliphatic hydroxyl groups is 1. The molecule has 0 bridgehead atoms. The van der Waals surface area contributed by atoms with Crippen molar-refractivity contribution in [3.05, 3.63) is 29.1 Å². The molecule has 0 amide bonds. The van der Waals surface area contributed by atoms with Crippen molar-refractivity contribution in [2.24, 2.45) is 0 Å². The molecule has 0 radical (unpaired) electrons. The highest BCUT2D eigenvalue weighted by molar-refractivity contribution is 6.30. The number of hydrogen-bond donors (Lipinski definition) is 2. The zero-order valence-electron chi connectivity index (χ0n) is 7.07. The van der Waals surface area contributed by atoms with Gasteiger partial charge in [0, 0.05) is 12.8 Å². The molecule has 0 saturated carbocycles. The molecule has 13 heavy (non-hydrogen) atoms. The molecule has 0 atom stereocenters. The first-order valence-electron chi connectivity index (χ1n) is 3.92. The third kappa shape index (κ3) is 3.05. The fourth-order valence-electron chi connectivity index (χ4n) is 0.874. The van der Waals surface area contributed by atoms with Crippen LogP contribution in [0.1, 0.15) is 12.1 Å². The molecule has 3 nitrogen and oxygen atoms in total. The molecule has 1 aromatic rings. The fraction of sp³-hybridized carbons (Fsp3) is 0.222. The number of aliphatic hydroxyl groups excluding tert-OH is 1. The van der Waals surface area contributed by atoms with E-state index in [2.05, 4.69) is 4.98 Å². The molecule has 1 heterocycles. The zero-order valence-corrected chi connectivity index (χ0v) is 7.83. The lowest BCUT2D eigenvalue weighted by molar-refractivity contribution is 0.303. The smallest absolute Gasteiger partial charge is 0.0856 e. The predicted octanol–water partition coefficient (Wildman–Crippen LogP) is 1.71. The van der Waals surface area contributed by atoms with Crippen molar-refractivity contribution in [3.8, 4) is 0 Å². The number of halogens is 1. The van der Waals surface area contributed by atoms with Crippen LogP contribution in [0.5, 0.6) is 0 Å². The van der Waals surface area contributed by atoms with Gasteiger partial charge in [-0.1, -0.05) is 17.7 Å². The predicted molar refractivity (Wildman–Crippen MR) is 54.4 cm³/mol. The number of hydrogen-bond acceptors (Lipinski definition) is 3. The summed E-state index contributed by atoms with van der Waals surface area (Å²) in [5, 5.41) is 9.06. The number of nitrogens with zero attached hydrogens (tertiary/aromatic N) is 1. The Balaban J connectivity index is 2.77. The van der Waals surface area contributed by atoms with Gasteiger partial charge in [-0.3, -0.25) is 4.98 Å². The molecular formula is C9H11ClN2O. The summed E-state index contributed by atoms with van der Waals surface area (Å²) in [6.07, 6.45) is 5.72. The van der Waals surface area contributed by atoms with E-state index in [4.69, 9.17) is 22.4 Å². The Morgan fingerprint density at radius 1 is 1.62 bits per heavy atom. The van der Waals surface area contributed by atoms with Gasteiger partial charge in [-0.05, 0) is 18.6 Å². The average molecular weight is 199 g/mol. The summed E-state index contributed by atoms with van der Waals surface area (Å²) in [4.78, 5) is 4.02. The maximum absolute atomic E-state index is 8.53. The van der Waals surface area contributed by atoms with Gasteiger partial charge in [0.25, 0.3) is 0 Å². The Morgan fingerprint density at radius 2 is 2.38 bits per heavy atom. The van der Waals surface area contributed by atoms with Crippen LogP contribution in [-0.4, -0.2) is 16.7 Å². The molecule has 1 rings (SSSR count). The second kappa shape index (κ2) is 4.84. The minimum Gasteiger partial charge on any atom is -0.397 e. The van der Waals surface area contributed by atoms with Gasteiger partial charge in [-0.2, -0.15) is 0 Å². The van der Waals surface area contributed by atoms with E-state index in [1.165, 1.54) is 6.20 Å². The van der Waals surface area contributed by atoms with Gasteiger partial charge in [-0.15, -0.1) is 0 Å². The summed E-state index contributed by atoms with van der Waals surface area (Å²) in [6.45, 7) is 0.129. The van der Waals surface area contributed by atoms with E-state index in [0.29, 0.717) is 22.8 Å². The van der Waals surface area contributed by atoms with E-state index in [0.717, 1.165) is 0 Å². The highest BCUT2D eigenvalue weighted by atomic mass is 35.5.